The maximum absolute atomic E-state index is 13.9. The van der Waals surface area contributed by atoms with Gasteiger partial charge in [0.1, 0.15) is 18.2 Å². The molecule has 2 heterocycles. The van der Waals surface area contributed by atoms with Crippen LogP contribution >= 0.6 is 0 Å². The van der Waals surface area contributed by atoms with Gasteiger partial charge in [-0.05, 0) is 43.7 Å². The quantitative estimate of drug-likeness (QED) is 0.842. The Morgan fingerprint density at radius 3 is 3.00 bits per heavy atom. The van der Waals surface area contributed by atoms with Crippen LogP contribution in [0, 0.1) is 11.6 Å². The van der Waals surface area contributed by atoms with Crippen molar-refractivity contribution in [1.29, 1.82) is 0 Å². The molecular formula is C18H21F2N3O. The van der Waals surface area contributed by atoms with Crippen molar-refractivity contribution in [2.45, 2.75) is 31.9 Å². The fourth-order valence-electron chi connectivity index (χ4n) is 3.19. The predicted octanol–water partition coefficient (Wildman–Crippen LogP) is 3.28. The van der Waals surface area contributed by atoms with E-state index in [0.29, 0.717) is 24.5 Å². The van der Waals surface area contributed by atoms with Gasteiger partial charge in [0.05, 0.1) is 0 Å². The van der Waals surface area contributed by atoms with Crippen molar-refractivity contribution in [2.75, 3.05) is 20.2 Å². The lowest BCUT2D eigenvalue weighted by Crippen LogP contribution is -2.34. The van der Waals surface area contributed by atoms with Crippen LogP contribution in [-0.4, -0.2) is 35.1 Å². The molecule has 0 saturated carbocycles. The Morgan fingerprint density at radius 2 is 2.17 bits per heavy atom. The summed E-state index contributed by atoms with van der Waals surface area (Å²) in [6.07, 6.45) is 3.79. The average Bonchev–Trinajstić information content (AvgIpc) is 2.59. The first-order valence-corrected chi connectivity index (χ1v) is 8.12. The number of benzene rings is 1. The van der Waals surface area contributed by atoms with Crippen molar-refractivity contribution in [2.24, 2.45) is 0 Å². The van der Waals surface area contributed by atoms with Crippen LogP contribution in [0.25, 0.3) is 0 Å². The molecule has 128 valence electrons. The second kappa shape index (κ2) is 7.77. The fraction of sp³-hybridized carbons (Fsp3) is 0.444. The van der Waals surface area contributed by atoms with E-state index in [1.165, 1.54) is 12.1 Å². The molecule has 24 heavy (non-hydrogen) atoms. The van der Waals surface area contributed by atoms with Gasteiger partial charge in [-0.1, -0.05) is 0 Å². The fourth-order valence-corrected chi connectivity index (χ4v) is 3.19. The zero-order valence-electron chi connectivity index (χ0n) is 13.7. The van der Waals surface area contributed by atoms with Crippen LogP contribution in [-0.2, 0) is 17.9 Å². The molecule has 1 aromatic heterocycles. The Balaban J connectivity index is 1.70. The van der Waals surface area contributed by atoms with E-state index in [-0.39, 0.29) is 11.7 Å². The smallest absolute Gasteiger partial charge is 0.154 e. The third-order valence-corrected chi connectivity index (χ3v) is 4.33. The number of hydrogen-bond acceptors (Lipinski definition) is 4. The number of rotatable bonds is 5. The van der Waals surface area contributed by atoms with Crippen molar-refractivity contribution in [3.8, 4) is 0 Å². The molecule has 1 aliphatic heterocycles. The summed E-state index contributed by atoms with van der Waals surface area (Å²) in [5.41, 5.74) is 1.39. The SMILES string of the molecule is COCc1nccc([C@@H]2CCCN(Cc3cc(F)ccc3F)C2)n1. The van der Waals surface area contributed by atoms with Gasteiger partial charge >= 0.3 is 0 Å². The summed E-state index contributed by atoms with van der Waals surface area (Å²) < 4.78 is 32.3. The molecular weight excluding hydrogens is 312 g/mol. The minimum Gasteiger partial charge on any atom is -0.377 e. The Morgan fingerprint density at radius 1 is 1.29 bits per heavy atom. The third kappa shape index (κ3) is 4.13. The number of nitrogens with zero attached hydrogens (tertiary/aromatic N) is 3. The van der Waals surface area contributed by atoms with Gasteiger partial charge in [-0.25, -0.2) is 18.7 Å². The Bertz CT molecular complexity index is 696. The van der Waals surface area contributed by atoms with E-state index in [1.807, 2.05) is 6.07 Å². The highest BCUT2D eigenvalue weighted by Gasteiger charge is 2.23. The number of methoxy groups -OCH3 is 1. The molecule has 0 unspecified atom stereocenters. The van der Waals surface area contributed by atoms with Crippen LogP contribution in [0.3, 0.4) is 0 Å². The van der Waals surface area contributed by atoms with Gasteiger partial charge in [-0.2, -0.15) is 0 Å². The molecule has 3 rings (SSSR count). The molecule has 0 amide bonds. The maximum Gasteiger partial charge on any atom is 0.154 e. The zero-order chi connectivity index (χ0) is 16.9. The highest BCUT2D eigenvalue weighted by atomic mass is 19.1. The van der Waals surface area contributed by atoms with Gasteiger partial charge in [0.15, 0.2) is 5.82 Å². The number of likely N-dealkylation sites (tertiary alicyclic amines) is 1. The van der Waals surface area contributed by atoms with E-state index in [0.717, 1.165) is 37.7 Å². The van der Waals surface area contributed by atoms with Gasteiger partial charge in [0, 0.05) is 43.6 Å². The van der Waals surface area contributed by atoms with Crippen molar-refractivity contribution in [3.63, 3.8) is 0 Å². The summed E-state index contributed by atoms with van der Waals surface area (Å²) in [6, 6.07) is 5.54. The molecule has 6 heteroatoms. The van der Waals surface area contributed by atoms with Crippen LogP contribution in [0.5, 0.6) is 0 Å². The van der Waals surface area contributed by atoms with Crippen LogP contribution in [0.1, 0.15) is 35.8 Å². The number of halogens is 2. The van der Waals surface area contributed by atoms with E-state index >= 15 is 0 Å². The molecule has 1 aliphatic rings. The number of piperidine rings is 1. The molecule has 4 nitrogen and oxygen atoms in total. The molecule has 0 radical (unpaired) electrons. The van der Waals surface area contributed by atoms with Crippen LogP contribution in [0.2, 0.25) is 0 Å². The highest BCUT2D eigenvalue weighted by molar-refractivity contribution is 5.19. The van der Waals surface area contributed by atoms with Gasteiger partial charge in [-0.15, -0.1) is 0 Å². The monoisotopic (exact) mass is 333 g/mol. The second-order valence-electron chi connectivity index (χ2n) is 6.14. The highest BCUT2D eigenvalue weighted by Crippen LogP contribution is 2.27. The lowest BCUT2D eigenvalue weighted by Gasteiger charge is -2.32. The van der Waals surface area contributed by atoms with E-state index in [4.69, 9.17) is 4.74 Å². The topological polar surface area (TPSA) is 38.2 Å². The molecule has 0 N–H and O–H groups in total. The first kappa shape index (κ1) is 16.9. The second-order valence-corrected chi connectivity index (χ2v) is 6.14. The minimum atomic E-state index is -0.403. The van der Waals surface area contributed by atoms with Crippen LogP contribution in [0.4, 0.5) is 8.78 Å². The lowest BCUT2D eigenvalue weighted by molar-refractivity contribution is 0.175. The Kier molecular flexibility index (Phi) is 5.48. The molecule has 0 aliphatic carbocycles. The molecule has 1 saturated heterocycles. The zero-order valence-corrected chi connectivity index (χ0v) is 13.7. The van der Waals surface area contributed by atoms with Crippen LogP contribution in [0.15, 0.2) is 30.5 Å². The minimum absolute atomic E-state index is 0.272. The standard InChI is InChI=1S/C18H21F2N3O/c1-24-12-18-21-7-6-17(22-18)13-3-2-8-23(10-13)11-14-9-15(19)4-5-16(14)20/h4-7,9,13H,2-3,8,10-12H2,1H3/t13-/m1/s1. The summed E-state index contributed by atoms with van der Waals surface area (Å²) in [5, 5.41) is 0. The van der Waals surface area contributed by atoms with E-state index in [9.17, 15) is 8.78 Å². The molecule has 0 bridgehead atoms. The summed E-state index contributed by atoms with van der Waals surface area (Å²) in [6.45, 7) is 2.46. The number of ether oxygens (including phenoxy) is 1. The summed E-state index contributed by atoms with van der Waals surface area (Å²) in [4.78, 5) is 10.9. The summed E-state index contributed by atoms with van der Waals surface area (Å²) in [7, 11) is 1.62. The van der Waals surface area contributed by atoms with E-state index in [2.05, 4.69) is 14.9 Å². The van der Waals surface area contributed by atoms with Gasteiger partial charge in [-0.3, -0.25) is 4.90 Å². The molecule has 1 fully saturated rings. The average molecular weight is 333 g/mol. The molecule has 0 spiro atoms. The summed E-state index contributed by atoms with van der Waals surface area (Å²) in [5.74, 6) is 0.181. The van der Waals surface area contributed by atoms with Crippen molar-refractivity contribution in [3.05, 3.63) is 59.2 Å². The molecule has 1 aromatic carbocycles. The molecule has 1 atom stereocenters. The van der Waals surface area contributed by atoms with Crippen molar-refractivity contribution >= 4 is 0 Å². The molecule has 2 aromatic rings. The van der Waals surface area contributed by atoms with Crippen molar-refractivity contribution in [1.82, 2.24) is 14.9 Å². The first-order chi connectivity index (χ1) is 11.7. The summed E-state index contributed by atoms with van der Waals surface area (Å²) >= 11 is 0. The number of hydrogen-bond donors (Lipinski definition) is 0. The normalized spacial score (nSPS) is 18.7. The predicted molar refractivity (Wildman–Crippen MR) is 86.4 cm³/mol. The maximum atomic E-state index is 13.9. The van der Waals surface area contributed by atoms with E-state index < -0.39 is 5.82 Å². The van der Waals surface area contributed by atoms with Crippen molar-refractivity contribution < 1.29 is 13.5 Å². The largest absolute Gasteiger partial charge is 0.377 e. The lowest BCUT2D eigenvalue weighted by atomic mass is 9.94. The Labute approximate surface area is 140 Å². The van der Waals surface area contributed by atoms with Gasteiger partial charge in [0.2, 0.25) is 0 Å². The van der Waals surface area contributed by atoms with Gasteiger partial charge in [0.25, 0.3) is 0 Å². The van der Waals surface area contributed by atoms with Crippen LogP contribution < -0.4 is 0 Å². The van der Waals surface area contributed by atoms with E-state index in [1.54, 1.807) is 13.3 Å². The Hall–Kier alpha value is -1.92. The third-order valence-electron chi connectivity index (χ3n) is 4.33. The number of aromatic nitrogens is 2. The first-order valence-electron chi connectivity index (χ1n) is 8.12. The van der Waals surface area contributed by atoms with Gasteiger partial charge < -0.3 is 4.74 Å².